The Hall–Kier alpha value is -2.57. The molecule has 0 saturated carbocycles. The lowest BCUT2D eigenvalue weighted by Gasteiger charge is -2.05. The van der Waals surface area contributed by atoms with Gasteiger partial charge in [-0.1, -0.05) is 35.1 Å². The average Bonchev–Trinajstić information content (AvgIpc) is 3.07. The predicted molar refractivity (Wildman–Crippen MR) is 95.3 cm³/mol. The van der Waals surface area contributed by atoms with Gasteiger partial charge >= 0.3 is 0 Å². The molecule has 120 valence electrons. The molecule has 0 fully saturated rings. The fourth-order valence-corrected chi connectivity index (χ4v) is 3.78. The van der Waals surface area contributed by atoms with Gasteiger partial charge < -0.3 is 9.84 Å². The number of thiazole rings is 1. The van der Waals surface area contributed by atoms with Crippen molar-refractivity contribution in [1.29, 1.82) is 0 Å². The van der Waals surface area contributed by atoms with Crippen LogP contribution in [0.3, 0.4) is 0 Å². The van der Waals surface area contributed by atoms with Crippen LogP contribution in [0.5, 0.6) is 11.5 Å². The third kappa shape index (κ3) is 2.23. The molecule has 0 amide bonds. The summed E-state index contributed by atoms with van der Waals surface area (Å²) in [5.74, 6) is 0.249. The lowest BCUT2D eigenvalue weighted by Crippen LogP contribution is -2.22. The Morgan fingerprint density at radius 2 is 2.12 bits per heavy atom. The molecular weight excluding hydrogens is 348 g/mol. The van der Waals surface area contributed by atoms with E-state index < -0.39 is 0 Å². The molecule has 0 saturated heterocycles. The number of benzene rings is 2. The van der Waals surface area contributed by atoms with Crippen LogP contribution in [0.2, 0.25) is 5.02 Å². The van der Waals surface area contributed by atoms with Crippen LogP contribution in [0.4, 0.5) is 0 Å². The van der Waals surface area contributed by atoms with Crippen molar-refractivity contribution in [3.05, 3.63) is 61.9 Å². The fraction of sp³-hybridized carbons (Fsp3) is 0.0588. The van der Waals surface area contributed by atoms with E-state index in [1.807, 2.05) is 24.3 Å². The van der Waals surface area contributed by atoms with E-state index in [4.69, 9.17) is 16.3 Å². The second-order valence-corrected chi connectivity index (χ2v) is 6.60. The first kappa shape index (κ1) is 15.0. The summed E-state index contributed by atoms with van der Waals surface area (Å²) in [5, 5.41) is 10.1. The zero-order valence-electron chi connectivity index (χ0n) is 12.5. The topological polar surface area (TPSA) is 63.8 Å². The Morgan fingerprint density at radius 1 is 1.33 bits per heavy atom. The number of hydrogen-bond donors (Lipinski definition) is 1. The summed E-state index contributed by atoms with van der Waals surface area (Å²) in [5.41, 5.74) is 2.02. The standard InChI is InChI=1S/C17H11ClN2O3S/c1-23-14-6-9(10(18)8-13(14)21)7-15-16(22)20-12-5-3-2-4-11(12)19-17(20)24-15/h2-8,21H,1H3/b15-7+. The molecule has 2 aromatic carbocycles. The van der Waals surface area contributed by atoms with Crippen LogP contribution in [-0.4, -0.2) is 21.6 Å². The quantitative estimate of drug-likeness (QED) is 0.598. The van der Waals surface area contributed by atoms with E-state index in [9.17, 15) is 9.90 Å². The zero-order chi connectivity index (χ0) is 16.8. The number of phenolic OH excluding ortho intramolecular Hbond substituents is 1. The third-order valence-corrected chi connectivity index (χ3v) is 5.03. The average molecular weight is 359 g/mol. The van der Waals surface area contributed by atoms with Gasteiger partial charge in [-0.2, -0.15) is 0 Å². The van der Waals surface area contributed by atoms with E-state index in [2.05, 4.69) is 4.98 Å². The molecular formula is C17H11ClN2O3S. The molecule has 0 unspecified atom stereocenters. The molecule has 0 radical (unpaired) electrons. The van der Waals surface area contributed by atoms with Gasteiger partial charge in [0.1, 0.15) is 0 Å². The van der Waals surface area contributed by atoms with Crippen molar-refractivity contribution in [3.8, 4) is 11.5 Å². The van der Waals surface area contributed by atoms with Gasteiger partial charge in [0.2, 0.25) is 0 Å². The number of phenols is 1. The highest BCUT2D eigenvalue weighted by molar-refractivity contribution is 7.15. The Morgan fingerprint density at radius 3 is 2.92 bits per heavy atom. The number of hydrogen-bond acceptors (Lipinski definition) is 5. The summed E-state index contributed by atoms with van der Waals surface area (Å²) in [4.78, 5) is 17.8. The van der Waals surface area contributed by atoms with Crippen molar-refractivity contribution in [2.24, 2.45) is 0 Å². The minimum absolute atomic E-state index is 0.0472. The second-order valence-electron chi connectivity index (χ2n) is 5.18. The first-order chi connectivity index (χ1) is 11.6. The van der Waals surface area contributed by atoms with Crippen LogP contribution >= 0.6 is 22.9 Å². The molecule has 4 aromatic rings. The van der Waals surface area contributed by atoms with Gasteiger partial charge in [0, 0.05) is 6.07 Å². The minimum atomic E-state index is -0.146. The monoisotopic (exact) mass is 358 g/mol. The van der Waals surface area contributed by atoms with Gasteiger partial charge in [-0.3, -0.25) is 4.79 Å². The first-order valence-electron chi connectivity index (χ1n) is 7.06. The summed E-state index contributed by atoms with van der Waals surface area (Å²) in [6.45, 7) is 0. The lowest BCUT2D eigenvalue weighted by molar-refractivity contribution is 0.373. The van der Waals surface area contributed by atoms with Gasteiger partial charge in [0.15, 0.2) is 16.5 Å². The maximum absolute atomic E-state index is 12.7. The largest absolute Gasteiger partial charge is 0.504 e. The van der Waals surface area contributed by atoms with Crippen molar-refractivity contribution < 1.29 is 9.84 Å². The predicted octanol–water partition coefficient (Wildman–Crippen LogP) is 2.82. The number of halogens is 1. The van der Waals surface area contributed by atoms with Gasteiger partial charge in [-0.05, 0) is 29.8 Å². The maximum atomic E-state index is 12.7. The van der Waals surface area contributed by atoms with Gasteiger partial charge in [0.05, 0.1) is 27.7 Å². The fourth-order valence-electron chi connectivity index (χ4n) is 2.59. The number of aromatic nitrogens is 2. The molecule has 2 aromatic heterocycles. The van der Waals surface area contributed by atoms with Crippen molar-refractivity contribution >= 4 is 45.0 Å². The minimum Gasteiger partial charge on any atom is -0.504 e. The molecule has 0 aliphatic carbocycles. The van der Waals surface area contributed by atoms with Crippen molar-refractivity contribution in [2.75, 3.05) is 7.11 Å². The number of aromatic hydroxyl groups is 1. The zero-order valence-corrected chi connectivity index (χ0v) is 14.1. The van der Waals surface area contributed by atoms with E-state index in [0.29, 0.717) is 25.8 Å². The molecule has 2 heterocycles. The Kier molecular flexibility index (Phi) is 3.44. The highest BCUT2D eigenvalue weighted by Crippen LogP contribution is 2.32. The summed E-state index contributed by atoms with van der Waals surface area (Å²) >= 11 is 7.45. The molecule has 0 aliphatic rings. The van der Waals surface area contributed by atoms with Crippen LogP contribution < -0.4 is 14.8 Å². The molecule has 5 nitrogen and oxygen atoms in total. The van der Waals surface area contributed by atoms with Crippen LogP contribution in [0, 0.1) is 0 Å². The van der Waals surface area contributed by atoms with Crippen LogP contribution in [-0.2, 0) is 0 Å². The smallest absolute Gasteiger partial charge is 0.274 e. The normalized spacial score (nSPS) is 12.3. The number of para-hydroxylation sites is 2. The number of ether oxygens (including phenoxy) is 1. The number of rotatable bonds is 2. The van der Waals surface area contributed by atoms with Crippen LogP contribution in [0.25, 0.3) is 22.1 Å². The maximum Gasteiger partial charge on any atom is 0.274 e. The van der Waals surface area contributed by atoms with E-state index in [-0.39, 0.29) is 11.3 Å². The van der Waals surface area contributed by atoms with E-state index in [0.717, 1.165) is 11.0 Å². The van der Waals surface area contributed by atoms with Gasteiger partial charge in [0.25, 0.3) is 5.56 Å². The highest BCUT2D eigenvalue weighted by atomic mass is 35.5. The number of methoxy groups -OCH3 is 1. The molecule has 24 heavy (non-hydrogen) atoms. The molecule has 0 atom stereocenters. The SMILES string of the molecule is COc1cc(/C=c2/sc3nc4ccccc4n3c2=O)c(Cl)cc1O. The summed E-state index contributed by atoms with van der Waals surface area (Å²) in [7, 11) is 1.46. The third-order valence-electron chi connectivity index (χ3n) is 3.73. The van der Waals surface area contributed by atoms with E-state index >= 15 is 0 Å². The van der Waals surface area contributed by atoms with Crippen LogP contribution in [0.1, 0.15) is 5.56 Å². The lowest BCUT2D eigenvalue weighted by atomic mass is 10.2. The summed E-state index contributed by atoms with van der Waals surface area (Å²) in [6, 6.07) is 10.5. The number of nitrogens with zero attached hydrogens (tertiary/aromatic N) is 2. The van der Waals surface area contributed by atoms with E-state index in [1.165, 1.54) is 24.5 Å². The van der Waals surface area contributed by atoms with Crippen molar-refractivity contribution in [3.63, 3.8) is 0 Å². The van der Waals surface area contributed by atoms with Crippen LogP contribution in [0.15, 0.2) is 41.2 Å². The summed E-state index contributed by atoms with van der Waals surface area (Å²) in [6.07, 6.45) is 1.68. The van der Waals surface area contributed by atoms with Crippen molar-refractivity contribution in [1.82, 2.24) is 9.38 Å². The van der Waals surface area contributed by atoms with Gasteiger partial charge in [-0.25, -0.2) is 9.38 Å². The number of imidazole rings is 1. The summed E-state index contributed by atoms with van der Waals surface area (Å²) < 4.78 is 7.20. The molecule has 4 rings (SSSR count). The highest BCUT2D eigenvalue weighted by Gasteiger charge is 2.12. The molecule has 0 bridgehead atoms. The van der Waals surface area contributed by atoms with E-state index in [1.54, 1.807) is 16.5 Å². The Bertz CT molecular complexity index is 1200. The van der Waals surface area contributed by atoms with Gasteiger partial charge in [-0.15, -0.1) is 0 Å². The Labute approximate surface area is 145 Å². The Balaban J connectivity index is 1.99. The molecule has 0 aliphatic heterocycles. The second kappa shape index (κ2) is 5.51. The van der Waals surface area contributed by atoms with Crippen molar-refractivity contribution in [2.45, 2.75) is 0 Å². The number of fused-ring (bicyclic) bond motifs is 3. The first-order valence-corrected chi connectivity index (χ1v) is 8.26. The molecule has 0 spiro atoms. The molecule has 1 N–H and O–H groups in total. The molecule has 7 heteroatoms.